The van der Waals surface area contributed by atoms with E-state index < -0.39 is 23.8 Å². The van der Waals surface area contributed by atoms with E-state index >= 15 is 0 Å². The van der Waals surface area contributed by atoms with Crippen molar-refractivity contribution in [2.45, 2.75) is 12.2 Å². The summed E-state index contributed by atoms with van der Waals surface area (Å²) in [4.78, 5) is 11.7. The van der Waals surface area contributed by atoms with Gasteiger partial charge in [-0.15, -0.1) is 0 Å². The molecule has 0 aliphatic carbocycles. The van der Waals surface area contributed by atoms with Crippen molar-refractivity contribution in [2.75, 3.05) is 5.32 Å². The quantitative estimate of drug-likeness (QED) is 0.821. The molecule has 6 heteroatoms. The lowest BCUT2D eigenvalue weighted by Crippen LogP contribution is -2.38. The lowest BCUT2D eigenvalue weighted by molar-refractivity contribution is -0.138. The van der Waals surface area contributed by atoms with Crippen molar-refractivity contribution in [3.05, 3.63) is 65.2 Å². The maximum atomic E-state index is 13.1. The molecule has 1 atom stereocenters. The highest BCUT2D eigenvalue weighted by atomic mass is 19.4. The maximum absolute atomic E-state index is 13.1. The Balaban J connectivity index is 2.16. The third-order valence-electron chi connectivity index (χ3n) is 3.37. The Morgan fingerprint density at radius 2 is 1.52 bits per heavy atom. The summed E-state index contributed by atoms with van der Waals surface area (Å²) in [6.07, 6.45) is -4.47. The molecule has 0 saturated heterocycles. The number of fused-ring (bicyclic) bond motifs is 1. The molecule has 1 aliphatic rings. The Hall–Kier alpha value is -2.50. The minimum atomic E-state index is -4.47. The Bertz CT molecular complexity index is 697. The van der Waals surface area contributed by atoms with E-state index in [1.54, 1.807) is 24.3 Å². The number of carbonyl (C=O) groups is 1. The van der Waals surface area contributed by atoms with Crippen molar-refractivity contribution in [3.63, 3.8) is 0 Å². The van der Waals surface area contributed by atoms with Gasteiger partial charge in [0.25, 0.3) is 0 Å². The highest BCUT2D eigenvalue weighted by molar-refractivity contribution is 5.93. The lowest BCUT2D eigenvalue weighted by atomic mass is 9.92. The van der Waals surface area contributed by atoms with Gasteiger partial charge in [-0.25, -0.2) is 4.79 Å². The van der Waals surface area contributed by atoms with Crippen molar-refractivity contribution < 1.29 is 18.0 Å². The lowest BCUT2D eigenvalue weighted by Gasteiger charge is -2.29. The highest BCUT2D eigenvalue weighted by Crippen LogP contribution is 2.39. The van der Waals surface area contributed by atoms with Crippen molar-refractivity contribution in [3.8, 4) is 0 Å². The molecule has 0 fully saturated rings. The van der Waals surface area contributed by atoms with Crippen LogP contribution in [0.15, 0.2) is 48.5 Å². The number of nitrogens with one attached hydrogen (secondary N) is 2. The summed E-state index contributed by atoms with van der Waals surface area (Å²) in [7, 11) is 0. The molecule has 0 aromatic heterocycles. The van der Waals surface area contributed by atoms with Crippen LogP contribution in [0, 0.1) is 0 Å². The van der Waals surface area contributed by atoms with Crippen molar-refractivity contribution in [1.82, 2.24) is 5.32 Å². The van der Waals surface area contributed by atoms with Crippen LogP contribution >= 0.6 is 0 Å². The van der Waals surface area contributed by atoms with Gasteiger partial charge in [0.2, 0.25) is 0 Å². The number of alkyl halides is 3. The monoisotopic (exact) mass is 292 g/mol. The average molecular weight is 292 g/mol. The first kappa shape index (κ1) is 13.5. The van der Waals surface area contributed by atoms with Crippen molar-refractivity contribution in [2.24, 2.45) is 0 Å². The van der Waals surface area contributed by atoms with Crippen LogP contribution in [0.4, 0.5) is 23.7 Å². The number of para-hydroxylation sites is 1. The molecule has 3 nitrogen and oxygen atoms in total. The number of hydrogen-bond acceptors (Lipinski definition) is 1. The maximum Gasteiger partial charge on any atom is 0.416 e. The zero-order valence-corrected chi connectivity index (χ0v) is 10.7. The number of urea groups is 1. The van der Waals surface area contributed by atoms with Gasteiger partial charge >= 0.3 is 12.2 Å². The summed E-state index contributed by atoms with van der Waals surface area (Å²) < 4.78 is 39.4. The minimum absolute atomic E-state index is 0.0345. The molecule has 2 aromatic carbocycles. The Kier molecular flexibility index (Phi) is 3.08. The molecule has 0 saturated carbocycles. The van der Waals surface area contributed by atoms with E-state index in [1.165, 1.54) is 18.2 Å². The fraction of sp³-hybridized carbons (Fsp3) is 0.133. The van der Waals surface area contributed by atoms with Gasteiger partial charge in [-0.05, 0) is 17.7 Å². The van der Waals surface area contributed by atoms with E-state index in [4.69, 9.17) is 0 Å². The predicted octanol–water partition coefficient (Wildman–Crippen LogP) is 3.93. The largest absolute Gasteiger partial charge is 0.416 e. The third kappa shape index (κ3) is 2.44. The van der Waals surface area contributed by atoms with E-state index in [1.807, 2.05) is 0 Å². The summed E-state index contributed by atoms with van der Waals surface area (Å²) in [5, 5.41) is 5.14. The van der Waals surface area contributed by atoms with E-state index in [9.17, 15) is 18.0 Å². The molecule has 0 spiro atoms. The van der Waals surface area contributed by atoms with E-state index in [0.717, 1.165) is 6.07 Å². The fourth-order valence-electron chi connectivity index (χ4n) is 2.48. The van der Waals surface area contributed by atoms with Crippen LogP contribution in [0.25, 0.3) is 0 Å². The fourth-order valence-corrected chi connectivity index (χ4v) is 2.48. The van der Waals surface area contributed by atoms with Gasteiger partial charge in [-0.1, -0.05) is 36.4 Å². The molecule has 2 amide bonds. The van der Waals surface area contributed by atoms with E-state index in [0.29, 0.717) is 11.3 Å². The number of benzene rings is 2. The first-order chi connectivity index (χ1) is 9.97. The van der Waals surface area contributed by atoms with Gasteiger partial charge in [0.15, 0.2) is 0 Å². The number of rotatable bonds is 1. The molecule has 1 unspecified atom stereocenters. The van der Waals surface area contributed by atoms with E-state index in [-0.39, 0.29) is 5.56 Å². The predicted molar refractivity (Wildman–Crippen MR) is 71.9 cm³/mol. The number of hydrogen-bond donors (Lipinski definition) is 2. The Morgan fingerprint density at radius 1 is 0.905 bits per heavy atom. The first-order valence-corrected chi connectivity index (χ1v) is 6.29. The van der Waals surface area contributed by atoms with Gasteiger partial charge < -0.3 is 10.6 Å². The van der Waals surface area contributed by atoms with Gasteiger partial charge in [-0.2, -0.15) is 13.2 Å². The molecule has 1 aliphatic heterocycles. The van der Waals surface area contributed by atoms with Crippen LogP contribution < -0.4 is 10.6 Å². The third-order valence-corrected chi connectivity index (χ3v) is 3.37. The van der Waals surface area contributed by atoms with Crippen molar-refractivity contribution >= 4 is 11.7 Å². The minimum Gasteiger partial charge on any atom is -0.327 e. The van der Waals surface area contributed by atoms with Crippen LogP contribution in [-0.2, 0) is 6.18 Å². The van der Waals surface area contributed by atoms with Crippen LogP contribution in [0.1, 0.15) is 22.7 Å². The molecule has 108 valence electrons. The van der Waals surface area contributed by atoms with Crippen LogP contribution in [0.3, 0.4) is 0 Å². The topological polar surface area (TPSA) is 41.1 Å². The summed E-state index contributed by atoms with van der Waals surface area (Å²) >= 11 is 0. The summed E-state index contributed by atoms with van der Waals surface area (Å²) in [6.45, 7) is 0. The van der Waals surface area contributed by atoms with Gasteiger partial charge in [0.05, 0.1) is 11.6 Å². The Morgan fingerprint density at radius 3 is 2.24 bits per heavy atom. The second kappa shape index (κ2) is 4.80. The highest BCUT2D eigenvalue weighted by Gasteiger charge is 2.37. The van der Waals surface area contributed by atoms with Crippen LogP contribution in [-0.4, -0.2) is 6.03 Å². The molecule has 2 N–H and O–H groups in total. The van der Waals surface area contributed by atoms with Gasteiger partial charge in [0, 0.05) is 11.3 Å². The van der Waals surface area contributed by atoms with Gasteiger partial charge in [-0.3, -0.25) is 0 Å². The smallest absolute Gasteiger partial charge is 0.327 e. The normalized spacial score (nSPS) is 17.7. The second-order valence-electron chi connectivity index (χ2n) is 4.70. The first-order valence-electron chi connectivity index (χ1n) is 6.29. The molecular formula is C15H11F3N2O. The SMILES string of the molecule is O=C1Nc2ccccc2C(c2ccccc2C(F)(F)F)N1. The summed E-state index contributed by atoms with van der Waals surface area (Å²) in [6, 6.07) is 10.7. The number of carbonyl (C=O) groups excluding carboxylic acids is 1. The molecule has 0 radical (unpaired) electrons. The molecular weight excluding hydrogens is 281 g/mol. The second-order valence-corrected chi connectivity index (χ2v) is 4.70. The molecule has 21 heavy (non-hydrogen) atoms. The number of anilines is 1. The number of amides is 2. The molecule has 3 rings (SSSR count). The van der Waals surface area contributed by atoms with Crippen LogP contribution in [0.2, 0.25) is 0 Å². The number of halogens is 3. The standard InChI is InChI=1S/C15H11F3N2O/c16-15(17,18)11-7-3-1-5-9(11)13-10-6-2-4-8-12(10)19-14(21)20-13/h1-8,13H,(H2,19,20,21). The molecule has 2 aromatic rings. The summed E-state index contributed by atoms with van der Waals surface area (Å²) in [5.41, 5.74) is 0.413. The Labute approximate surface area is 118 Å². The van der Waals surface area contributed by atoms with Gasteiger partial charge in [0.1, 0.15) is 0 Å². The van der Waals surface area contributed by atoms with E-state index in [2.05, 4.69) is 10.6 Å². The molecule has 0 bridgehead atoms. The zero-order chi connectivity index (χ0) is 15.0. The summed E-state index contributed by atoms with van der Waals surface area (Å²) in [5.74, 6) is 0. The average Bonchev–Trinajstić information content (AvgIpc) is 2.45. The van der Waals surface area contributed by atoms with Crippen LogP contribution in [0.5, 0.6) is 0 Å². The van der Waals surface area contributed by atoms with Crippen molar-refractivity contribution in [1.29, 1.82) is 0 Å². The molecule has 1 heterocycles. The zero-order valence-electron chi connectivity index (χ0n) is 10.7.